The van der Waals surface area contributed by atoms with E-state index in [0.29, 0.717) is 81.8 Å². The van der Waals surface area contributed by atoms with Crippen molar-refractivity contribution in [3.63, 3.8) is 0 Å². The number of amides is 4. The first-order valence-corrected chi connectivity index (χ1v) is 22.2. The number of halogens is 1. The largest absolute Gasteiger partial charge is 0.453 e. The Labute approximate surface area is 364 Å². The van der Waals surface area contributed by atoms with E-state index in [4.69, 9.17) is 28.9 Å². The predicted octanol–water partition coefficient (Wildman–Crippen LogP) is 5.90. The lowest BCUT2D eigenvalue weighted by molar-refractivity contribution is -0.138. The molecule has 2 aromatic heterocycles. The lowest BCUT2D eigenvalue weighted by Gasteiger charge is -2.35. The molecular weight excluding hydrogens is 812 g/mol. The fourth-order valence-corrected chi connectivity index (χ4v) is 10.6. The molecule has 4 saturated heterocycles. The number of H-pyrrole nitrogens is 2. The number of carbonyl (C=O) groups excluding carboxylic acids is 4. The third-order valence-electron chi connectivity index (χ3n) is 14.2. The van der Waals surface area contributed by atoms with Crippen LogP contribution in [0.4, 0.5) is 14.0 Å². The first kappa shape index (κ1) is 41.2. The summed E-state index contributed by atoms with van der Waals surface area (Å²) in [6.07, 6.45) is 6.48. The Morgan fingerprint density at radius 2 is 1.13 bits per heavy atom. The second kappa shape index (κ2) is 17.1. The monoisotopic (exact) mass is 864 g/mol. The van der Waals surface area contributed by atoms with E-state index >= 15 is 4.39 Å². The molecule has 2 saturated carbocycles. The van der Waals surface area contributed by atoms with Gasteiger partial charge in [0.25, 0.3) is 0 Å². The van der Waals surface area contributed by atoms with Crippen LogP contribution >= 0.6 is 0 Å². The van der Waals surface area contributed by atoms with Gasteiger partial charge in [0.2, 0.25) is 17.8 Å². The lowest BCUT2D eigenvalue weighted by atomic mass is 9.90. The number of nitrogens with one attached hydrogen (secondary N) is 4. The Bertz CT molecular complexity index is 2340. The average molecular weight is 865 g/mol. The van der Waals surface area contributed by atoms with Gasteiger partial charge in [-0.15, -0.1) is 0 Å². The molecule has 17 heteroatoms. The average Bonchev–Trinajstić information content (AvgIpc) is 3.97. The van der Waals surface area contributed by atoms with E-state index in [-0.39, 0.29) is 47.5 Å². The van der Waals surface area contributed by atoms with Gasteiger partial charge in [0.05, 0.1) is 38.2 Å². The molecule has 63 heavy (non-hydrogen) atoms. The number of methoxy groups -OCH3 is 2. The number of aromatic nitrogens is 4. The molecular formula is C46H53FN8O8. The van der Waals surface area contributed by atoms with Crippen LogP contribution in [0.1, 0.15) is 75.1 Å². The SMILES string of the molecule is COC(=O)NC(C(=O)N1C(c2ncc(-c3ccc(-c4ccc(-c5nc(C6CC7CC7N6C(=O)C(NC(=O)OC)C6CCOCC6)[nH]c5F)cc4)cc3)[nH]2)CC2CC21)C1CCOCC1. The second-order valence-electron chi connectivity index (χ2n) is 17.9. The standard InChI is InChI=1S/C46H53FN8O8/c1-60-45(58)51-38(28-11-15-62-16-12-28)43(56)54-33-19-30(33)21-35(54)41-48-23-32(49-41)26-7-3-24(4-8-26)25-5-9-27(10-6-25)37-40(47)53-42(50-37)36-22-31-20-34(31)55(36)44(57)39(52-46(59)61-2)29-13-17-63-18-14-29/h3-10,23,28-31,33-36,38-39H,11-22H2,1-2H3,(H,48,49)(H,50,53)(H,51,58)(H,52,59). The Balaban J connectivity index is 0.817. The quantitative estimate of drug-likeness (QED) is 0.141. The fraction of sp³-hybridized carbons (Fsp3) is 0.522. The molecule has 332 valence electrons. The van der Waals surface area contributed by atoms with Gasteiger partial charge in [-0.25, -0.2) is 19.6 Å². The number of ether oxygens (including phenoxy) is 4. The molecule has 10 rings (SSSR count). The summed E-state index contributed by atoms with van der Waals surface area (Å²) in [5.41, 5.74) is 4.46. The summed E-state index contributed by atoms with van der Waals surface area (Å²) in [5, 5.41) is 5.63. The molecule has 2 aliphatic carbocycles. The number of aromatic amines is 2. The number of fused-ring (bicyclic) bond motifs is 2. The van der Waals surface area contributed by atoms with Gasteiger partial charge >= 0.3 is 12.2 Å². The molecule has 6 aliphatic rings. The van der Waals surface area contributed by atoms with Crippen LogP contribution in [0.25, 0.3) is 33.6 Å². The van der Waals surface area contributed by atoms with Gasteiger partial charge < -0.3 is 49.3 Å². The van der Waals surface area contributed by atoms with Crippen LogP contribution in [0.5, 0.6) is 0 Å². The highest BCUT2D eigenvalue weighted by molar-refractivity contribution is 5.88. The van der Waals surface area contributed by atoms with Crippen molar-refractivity contribution in [2.45, 2.75) is 87.6 Å². The highest BCUT2D eigenvalue weighted by Gasteiger charge is 2.58. The van der Waals surface area contributed by atoms with Gasteiger partial charge in [-0.3, -0.25) is 9.59 Å². The van der Waals surface area contributed by atoms with Crippen LogP contribution in [0.2, 0.25) is 0 Å². The number of nitrogens with zero attached hydrogens (tertiary/aromatic N) is 4. The molecule has 8 atom stereocenters. The van der Waals surface area contributed by atoms with Gasteiger partial charge in [-0.1, -0.05) is 48.5 Å². The highest BCUT2D eigenvalue weighted by atomic mass is 19.1. The zero-order valence-electron chi connectivity index (χ0n) is 35.4. The van der Waals surface area contributed by atoms with Gasteiger partial charge in [0.15, 0.2) is 0 Å². The molecule has 0 spiro atoms. The van der Waals surface area contributed by atoms with Crippen molar-refractivity contribution in [1.29, 1.82) is 0 Å². The second-order valence-corrected chi connectivity index (χ2v) is 17.9. The van der Waals surface area contributed by atoms with E-state index in [1.165, 1.54) is 14.2 Å². The van der Waals surface area contributed by atoms with Crippen molar-refractivity contribution in [1.82, 2.24) is 40.4 Å². The number of imidazole rings is 2. The summed E-state index contributed by atoms with van der Waals surface area (Å²) in [4.78, 5) is 72.7. The van der Waals surface area contributed by atoms with E-state index < -0.39 is 36.3 Å². The zero-order valence-corrected chi connectivity index (χ0v) is 35.4. The Morgan fingerprint density at radius 3 is 1.62 bits per heavy atom. The Morgan fingerprint density at radius 1 is 0.667 bits per heavy atom. The first-order chi connectivity index (χ1) is 30.7. The van der Waals surface area contributed by atoms with Gasteiger partial charge in [0.1, 0.15) is 29.4 Å². The van der Waals surface area contributed by atoms with E-state index in [0.717, 1.165) is 47.5 Å². The maximum atomic E-state index is 15.7. The number of rotatable bonds is 11. The van der Waals surface area contributed by atoms with Crippen molar-refractivity contribution >= 4 is 24.0 Å². The lowest BCUT2D eigenvalue weighted by Crippen LogP contribution is -2.54. The normalized spacial score (nSPS) is 26.3. The molecule has 2 aromatic carbocycles. The van der Waals surface area contributed by atoms with Crippen LogP contribution < -0.4 is 10.6 Å². The Hall–Kier alpha value is -5.81. The van der Waals surface area contributed by atoms with Gasteiger partial charge in [-0.05, 0) is 91.7 Å². The minimum Gasteiger partial charge on any atom is -0.453 e. The summed E-state index contributed by atoms with van der Waals surface area (Å²) in [6, 6.07) is 13.7. The number of hydrogen-bond acceptors (Lipinski definition) is 10. The molecule has 8 unspecified atom stereocenters. The number of likely N-dealkylation sites (tertiary alicyclic amines) is 2. The van der Waals surface area contributed by atoms with Gasteiger partial charge in [-0.2, -0.15) is 4.39 Å². The predicted molar refractivity (Wildman–Crippen MR) is 225 cm³/mol. The van der Waals surface area contributed by atoms with Crippen molar-refractivity contribution in [3.8, 4) is 33.6 Å². The molecule has 4 N–H and O–H groups in total. The summed E-state index contributed by atoms with van der Waals surface area (Å²) < 4.78 is 36.5. The number of hydrogen-bond donors (Lipinski definition) is 4. The van der Waals surface area contributed by atoms with Crippen LogP contribution in [0, 0.1) is 29.6 Å². The van der Waals surface area contributed by atoms with Crippen molar-refractivity contribution in [3.05, 3.63) is 72.3 Å². The molecule has 0 radical (unpaired) electrons. The van der Waals surface area contributed by atoms with Crippen LogP contribution in [0.15, 0.2) is 54.7 Å². The van der Waals surface area contributed by atoms with Crippen molar-refractivity contribution in [2.24, 2.45) is 23.7 Å². The van der Waals surface area contributed by atoms with E-state index in [2.05, 4.69) is 20.6 Å². The van der Waals surface area contributed by atoms with Crippen LogP contribution in [0.3, 0.4) is 0 Å². The smallest absolute Gasteiger partial charge is 0.407 e. The molecule has 0 bridgehead atoms. The Kier molecular flexibility index (Phi) is 11.2. The maximum absolute atomic E-state index is 15.7. The summed E-state index contributed by atoms with van der Waals surface area (Å²) >= 11 is 0. The van der Waals surface area contributed by atoms with E-state index in [1.54, 1.807) is 6.20 Å². The minimum absolute atomic E-state index is 0.0271. The first-order valence-electron chi connectivity index (χ1n) is 22.2. The van der Waals surface area contributed by atoms with Crippen LogP contribution in [-0.2, 0) is 28.5 Å². The number of alkyl carbamates (subject to hydrolysis) is 2. The van der Waals surface area contributed by atoms with Crippen LogP contribution in [-0.4, -0.2) is 119 Å². The van der Waals surface area contributed by atoms with Crippen molar-refractivity contribution < 1.29 is 42.5 Å². The minimum atomic E-state index is -0.772. The molecule has 4 aromatic rings. The van der Waals surface area contributed by atoms with E-state index in [9.17, 15) is 19.2 Å². The van der Waals surface area contributed by atoms with E-state index in [1.807, 2.05) is 58.3 Å². The number of piperidine rings is 2. The molecule has 4 amide bonds. The zero-order chi connectivity index (χ0) is 43.4. The summed E-state index contributed by atoms with van der Waals surface area (Å²) in [5.74, 6) is 0.842. The fourth-order valence-electron chi connectivity index (χ4n) is 10.6. The summed E-state index contributed by atoms with van der Waals surface area (Å²) in [7, 11) is 2.59. The van der Waals surface area contributed by atoms with Crippen molar-refractivity contribution in [2.75, 3.05) is 40.6 Å². The molecule has 4 aliphatic heterocycles. The maximum Gasteiger partial charge on any atom is 0.407 e. The number of carbonyl (C=O) groups is 4. The molecule has 16 nitrogen and oxygen atoms in total. The number of benzene rings is 2. The third kappa shape index (κ3) is 8.05. The molecule has 6 heterocycles. The van der Waals surface area contributed by atoms with Gasteiger partial charge in [0, 0.05) is 44.1 Å². The highest BCUT2D eigenvalue weighted by Crippen LogP contribution is 2.55. The third-order valence-corrected chi connectivity index (χ3v) is 14.2. The molecule has 6 fully saturated rings. The topological polar surface area (TPSA) is 193 Å². The summed E-state index contributed by atoms with van der Waals surface area (Å²) in [6.45, 7) is 2.13.